The lowest BCUT2D eigenvalue weighted by Crippen LogP contribution is -2.42. The molecule has 15 heavy (non-hydrogen) atoms. The molecule has 1 unspecified atom stereocenters. The smallest absolute Gasteiger partial charge is 0.317 e. The molecule has 5 heteroatoms. The van der Waals surface area contributed by atoms with Crippen LogP contribution in [-0.2, 0) is 4.79 Å². The molecule has 0 radical (unpaired) electrons. The molecule has 0 aromatic carbocycles. The van der Waals surface area contributed by atoms with Crippen molar-refractivity contribution in [3.05, 3.63) is 0 Å². The first-order chi connectivity index (χ1) is 6.97. The van der Waals surface area contributed by atoms with Gasteiger partial charge in [0, 0.05) is 26.1 Å². The Hall–Kier alpha value is -1.26. The number of urea groups is 1. The minimum absolute atomic E-state index is 0.0982. The lowest BCUT2D eigenvalue weighted by Gasteiger charge is -2.20. The maximum atomic E-state index is 11.5. The van der Waals surface area contributed by atoms with Crippen LogP contribution in [0.2, 0.25) is 0 Å². The average molecular weight is 216 g/mol. The van der Waals surface area contributed by atoms with Gasteiger partial charge in [-0.15, -0.1) is 0 Å². The fraction of sp³-hybridized carbons (Fsp3) is 0.800. The highest BCUT2D eigenvalue weighted by atomic mass is 16.4. The van der Waals surface area contributed by atoms with E-state index < -0.39 is 5.97 Å². The first-order valence-corrected chi connectivity index (χ1v) is 5.20. The molecule has 0 heterocycles. The monoisotopic (exact) mass is 216 g/mol. The SMILES string of the molecule is CCC(C)NC(=O)N(C)CCCC(=O)O. The Balaban J connectivity index is 3.74. The number of carbonyl (C=O) groups excluding carboxylic acids is 1. The van der Waals surface area contributed by atoms with Crippen LogP contribution in [0.25, 0.3) is 0 Å². The zero-order valence-electron chi connectivity index (χ0n) is 9.62. The zero-order chi connectivity index (χ0) is 11.8. The third kappa shape index (κ3) is 6.76. The highest BCUT2D eigenvalue weighted by Crippen LogP contribution is 1.95. The van der Waals surface area contributed by atoms with Crippen LogP contribution in [0.3, 0.4) is 0 Å². The molecule has 5 nitrogen and oxygen atoms in total. The second-order valence-corrected chi connectivity index (χ2v) is 3.68. The molecule has 1 atom stereocenters. The number of aliphatic carboxylic acids is 1. The third-order valence-electron chi connectivity index (χ3n) is 2.21. The summed E-state index contributed by atoms with van der Waals surface area (Å²) in [6.07, 6.45) is 1.47. The second-order valence-electron chi connectivity index (χ2n) is 3.68. The summed E-state index contributed by atoms with van der Waals surface area (Å²) in [4.78, 5) is 23.2. The normalized spacial score (nSPS) is 11.9. The fourth-order valence-electron chi connectivity index (χ4n) is 0.992. The van der Waals surface area contributed by atoms with Gasteiger partial charge in [0.2, 0.25) is 0 Å². The molecule has 0 aromatic rings. The predicted octanol–water partition coefficient (Wildman–Crippen LogP) is 1.29. The van der Waals surface area contributed by atoms with Crippen LogP contribution in [0.15, 0.2) is 0 Å². The lowest BCUT2D eigenvalue weighted by molar-refractivity contribution is -0.137. The number of amides is 2. The van der Waals surface area contributed by atoms with E-state index in [0.29, 0.717) is 13.0 Å². The van der Waals surface area contributed by atoms with Gasteiger partial charge in [0.05, 0.1) is 0 Å². The molecule has 0 bridgehead atoms. The fourth-order valence-corrected chi connectivity index (χ4v) is 0.992. The second kappa shape index (κ2) is 7.09. The van der Waals surface area contributed by atoms with E-state index in [1.54, 1.807) is 7.05 Å². The van der Waals surface area contributed by atoms with Crippen LogP contribution in [-0.4, -0.2) is 41.6 Å². The van der Waals surface area contributed by atoms with Gasteiger partial charge in [-0.3, -0.25) is 4.79 Å². The summed E-state index contributed by atoms with van der Waals surface area (Å²) in [5.41, 5.74) is 0. The van der Waals surface area contributed by atoms with E-state index in [9.17, 15) is 9.59 Å². The van der Waals surface area contributed by atoms with Gasteiger partial charge in [-0.25, -0.2) is 4.79 Å². The van der Waals surface area contributed by atoms with E-state index in [2.05, 4.69) is 5.32 Å². The summed E-state index contributed by atoms with van der Waals surface area (Å²) in [6.45, 7) is 4.40. The Labute approximate surface area is 90.5 Å². The van der Waals surface area contributed by atoms with E-state index in [1.165, 1.54) is 4.90 Å². The van der Waals surface area contributed by atoms with Crippen molar-refractivity contribution in [2.24, 2.45) is 0 Å². The van der Waals surface area contributed by atoms with Crippen molar-refractivity contribution in [2.45, 2.75) is 39.2 Å². The van der Waals surface area contributed by atoms with Crippen LogP contribution in [0.1, 0.15) is 33.1 Å². The average Bonchev–Trinajstić information content (AvgIpc) is 2.16. The largest absolute Gasteiger partial charge is 0.481 e. The summed E-state index contributed by atoms with van der Waals surface area (Å²) in [5, 5.41) is 11.2. The third-order valence-corrected chi connectivity index (χ3v) is 2.21. The molecule has 0 fully saturated rings. The van der Waals surface area contributed by atoms with Crippen molar-refractivity contribution < 1.29 is 14.7 Å². The topological polar surface area (TPSA) is 69.6 Å². The quantitative estimate of drug-likeness (QED) is 0.703. The molecule has 0 aliphatic rings. The van der Waals surface area contributed by atoms with E-state index in [1.807, 2.05) is 13.8 Å². The summed E-state index contributed by atoms with van der Waals surface area (Å²) in [6, 6.07) is 0.00848. The van der Waals surface area contributed by atoms with Gasteiger partial charge in [0.15, 0.2) is 0 Å². The van der Waals surface area contributed by atoms with E-state index in [-0.39, 0.29) is 18.5 Å². The van der Waals surface area contributed by atoms with Crippen molar-refractivity contribution in [3.8, 4) is 0 Å². The molecule has 2 amide bonds. The van der Waals surface area contributed by atoms with Crippen molar-refractivity contribution in [2.75, 3.05) is 13.6 Å². The van der Waals surface area contributed by atoms with Crippen molar-refractivity contribution in [3.63, 3.8) is 0 Å². The lowest BCUT2D eigenvalue weighted by atomic mass is 10.2. The van der Waals surface area contributed by atoms with Crippen LogP contribution in [0.4, 0.5) is 4.79 Å². The first kappa shape index (κ1) is 13.7. The predicted molar refractivity (Wildman–Crippen MR) is 57.8 cm³/mol. The molecule has 0 rings (SSSR count). The molecule has 0 spiro atoms. The summed E-state index contributed by atoms with van der Waals surface area (Å²) in [7, 11) is 1.67. The zero-order valence-corrected chi connectivity index (χ0v) is 9.62. The summed E-state index contributed by atoms with van der Waals surface area (Å²) >= 11 is 0. The maximum Gasteiger partial charge on any atom is 0.317 e. The molecular formula is C10H20N2O3. The molecule has 0 aliphatic carbocycles. The number of hydrogen-bond donors (Lipinski definition) is 2. The summed E-state index contributed by atoms with van der Waals surface area (Å²) in [5.74, 6) is -0.828. The molecular weight excluding hydrogens is 196 g/mol. The van der Waals surface area contributed by atoms with Crippen molar-refractivity contribution in [1.29, 1.82) is 0 Å². The number of nitrogens with one attached hydrogen (secondary N) is 1. The number of hydrogen-bond acceptors (Lipinski definition) is 2. The molecule has 88 valence electrons. The minimum Gasteiger partial charge on any atom is -0.481 e. The highest BCUT2D eigenvalue weighted by molar-refractivity contribution is 5.74. The van der Waals surface area contributed by atoms with Gasteiger partial charge < -0.3 is 15.3 Å². The number of rotatable bonds is 6. The van der Waals surface area contributed by atoms with Crippen molar-refractivity contribution >= 4 is 12.0 Å². The Bertz CT molecular complexity index is 219. The first-order valence-electron chi connectivity index (χ1n) is 5.20. The Morgan fingerprint density at radius 3 is 2.53 bits per heavy atom. The molecule has 0 aromatic heterocycles. The van der Waals surface area contributed by atoms with Gasteiger partial charge in [-0.05, 0) is 19.8 Å². The van der Waals surface area contributed by atoms with Crippen LogP contribution >= 0.6 is 0 Å². The van der Waals surface area contributed by atoms with E-state index >= 15 is 0 Å². The van der Waals surface area contributed by atoms with Gasteiger partial charge in [0.1, 0.15) is 0 Å². The van der Waals surface area contributed by atoms with Gasteiger partial charge in [-0.1, -0.05) is 6.92 Å². The molecule has 0 saturated carbocycles. The molecule has 0 aliphatic heterocycles. The molecule has 2 N–H and O–H groups in total. The Morgan fingerprint density at radius 2 is 2.07 bits per heavy atom. The van der Waals surface area contributed by atoms with Crippen molar-refractivity contribution in [1.82, 2.24) is 10.2 Å². The van der Waals surface area contributed by atoms with Crippen LogP contribution in [0.5, 0.6) is 0 Å². The summed E-state index contributed by atoms with van der Waals surface area (Å²) < 4.78 is 0. The number of carboxylic acid groups (broad SMARTS) is 1. The Kier molecular flexibility index (Phi) is 6.49. The van der Waals surface area contributed by atoms with Gasteiger partial charge in [0.25, 0.3) is 0 Å². The number of nitrogens with zero attached hydrogens (tertiary/aromatic N) is 1. The van der Waals surface area contributed by atoms with Crippen LogP contribution < -0.4 is 5.32 Å². The van der Waals surface area contributed by atoms with Gasteiger partial charge >= 0.3 is 12.0 Å². The number of carbonyl (C=O) groups is 2. The van der Waals surface area contributed by atoms with E-state index in [0.717, 1.165) is 6.42 Å². The highest BCUT2D eigenvalue weighted by Gasteiger charge is 2.10. The van der Waals surface area contributed by atoms with Gasteiger partial charge in [-0.2, -0.15) is 0 Å². The molecule has 0 saturated heterocycles. The maximum absolute atomic E-state index is 11.5. The Morgan fingerprint density at radius 1 is 1.47 bits per heavy atom. The van der Waals surface area contributed by atoms with E-state index in [4.69, 9.17) is 5.11 Å². The standard InChI is InChI=1S/C10H20N2O3/c1-4-8(2)11-10(15)12(3)7-5-6-9(13)14/h8H,4-7H2,1-3H3,(H,11,15)(H,13,14). The number of carboxylic acids is 1. The van der Waals surface area contributed by atoms with Crippen LogP contribution in [0, 0.1) is 0 Å². The minimum atomic E-state index is -0.828.